The molecular formula is C18H17N5OS. The van der Waals surface area contributed by atoms with Crippen LogP contribution in [0.2, 0.25) is 0 Å². The Morgan fingerprint density at radius 3 is 2.52 bits per heavy atom. The van der Waals surface area contributed by atoms with Gasteiger partial charge in [0.1, 0.15) is 5.01 Å². The van der Waals surface area contributed by atoms with Gasteiger partial charge in [-0.15, -0.1) is 10.2 Å². The van der Waals surface area contributed by atoms with Crippen molar-refractivity contribution in [2.45, 2.75) is 6.04 Å². The third-order valence-corrected chi connectivity index (χ3v) is 5.04. The molecule has 4 rings (SSSR count). The van der Waals surface area contributed by atoms with Crippen molar-refractivity contribution < 1.29 is 4.79 Å². The molecule has 0 aliphatic carbocycles. The summed E-state index contributed by atoms with van der Waals surface area (Å²) in [5.41, 5.74) is 8.32. The summed E-state index contributed by atoms with van der Waals surface area (Å²) in [5, 5.41) is 12.5. The van der Waals surface area contributed by atoms with Crippen LogP contribution in [0.4, 0.5) is 5.13 Å². The molecule has 1 aromatic heterocycles. The number of carbonyl (C=O) groups excluding carboxylic acids is 1. The van der Waals surface area contributed by atoms with E-state index in [1.807, 2.05) is 60.7 Å². The maximum Gasteiger partial charge on any atom is 0.232 e. The molecule has 2 atom stereocenters. The van der Waals surface area contributed by atoms with Gasteiger partial charge in [0.15, 0.2) is 0 Å². The van der Waals surface area contributed by atoms with Gasteiger partial charge in [-0.25, -0.2) is 5.43 Å². The van der Waals surface area contributed by atoms with E-state index in [0.29, 0.717) is 11.7 Å². The van der Waals surface area contributed by atoms with E-state index in [4.69, 9.17) is 0 Å². The normalized spacial score (nSPS) is 19.7. The molecule has 7 heteroatoms. The lowest BCUT2D eigenvalue weighted by Gasteiger charge is -2.17. The summed E-state index contributed by atoms with van der Waals surface area (Å²) in [6, 6.07) is 19.7. The first-order valence-corrected chi connectivity index (χ1v) is 8.86. The predicted molar refractivity (Wildman–Crippen MR) is 97.8 cm³/mol. The van der Waals surface area contributed by atoms with Crippen LogP contribution in [0.25, 0.3) is 10.6 Å². The number of nitrogens with one attached hydrogen (secondary N) is 3. The third-order valence-electron chi connectivity index (χ3n) is 4.15. The molecule has 2 unspecified atom stereocenters. The molecule has 0 spiro atoms. The Labute approximate surface area is 149 Å². The van der Waals surface area contributed by atoms with Crippen molar-refractivity contribution in [3.05, 3.63) is 66.2 Å². The summed E-state index contributed by atoms with van der Waals surface area (Å²) in [7, 11) is 0. The Morgan fingerprint density at radius 1 is 1.04 bits per heavy atom. The maximum atomic E-state index is 12.7. The number of rotatable bonds is 4. The van der Waals surface area contributed by atoms with E-state index in [0.717, 1.165) is 16.1 Å². The number of carbonyl (C=O) groups is 1. The molecule has 1 saturated heterocycles. The number of hydrazine groups is 1. The van der Waals surface area contributed by atoms with Crippen LogP contribution in [0.15, 0.2) is 60.7 Å². The molecule has 1 fully saturated rings. The molecule has 1 amide bonds. The predicted octanol–water partition coefficient (Wildman–Crippen LogP) is 2.61. The average Bonchev–Trinajstić information content (AvgIpc) is 3.33. The van der Waals surface area contributed by atoms with Gasteiger partial charge in [0.25, 0.3) is 0 Å². The first-order valence-electron chi connectivity index (χ1n) is 8.04. The smallest absolute Gasteiger partial charge is 0.232 e. The van der Waals surface area contributed by atoms with Gasteiger partial charge >= 0.3 is 0 Å². The molecule has 25 heavy (non-hydrogen) atoms. The van der Waals surface area contributed by atoms with Gasteiger partial charge in [0.05, 0.1) is 12.0 Å². The van der Waals surface area contributed by atoms with E-state index < -0.39 is 0 Å². The SMILES string of the molecule is O=C(Nc1nnc(-c2ccccc2)s1)C1CNNC1c1ccccc1. The number of hydrogen-bond donors (Lipinski definition) is 3. The summed E-state index contributed by atoms with van der Waals surface area (Å²) >= 11 is 1.38. The largest absolute Gasteiger partial charge is 0.300 e. The fourth-order valence-electron chi connectivity index (χ4n) is 2.89. The topological polar surface area (TPSA) is 78.9 Å². The van der Waals surface area contributed by atoms with Gasteiger partial charge in [0, 0.05) is 12.1 Å². The number of hydrogen-bond acceptors (Lipinski definition) is 6. The highest BCUT2D eigenvalue weighted by atomic mass is 32.1. The van der Waals surface area contributed by atoms with Crippen molar-refractivity contribution in [3.63, 3.8) is 0 Å². The van der Waals surface area contributed by atoms with Gasteiger partial charge in [-0.2, -0.15) is 0 Å². The Hall–Kier alpha value is -2.61. The van der Waals surface area contributed by atoms with Crippen LogP contribution in [-0.4, -0.2) is 22.6 Å². The van der Waals surface area contributed by atoms with E-state index in [-0.39, 0.29) is 17.9 Å². The van der Waals surface area contributed by atoms with Crippen molar-refractivity contribution >= 4 is 22.4 Å². The molecule has 0 bridgehead atoms. The molecule has 3 aromatic rings. The number of anilines is 1. The van der Waals surface area contributed by atoms with Crippen molar-refractivity contribution in [1.82, 2.24) is 21.0 Å². The van der Waals surface area contributed by atoms with Crippen LogP contribution >= 0.6 is 11.3 Å². The minimum absolute atomic E-state index is 0.0669. The number of amides is 1. The Kier molecular flexibility index (Phi) is 4.51. The molecule has 0 radical (unpaired) electrons. The minimum Gasteiger partial charge on any atom is -0.300 e. The second kappa shape index (κ2) is 7.10. The van der Waals surface area contributed by atoms with E-state index in [9.17, 15) is 4.79 Å². The molecule has 1 aliphatic heterocycles. The van der Waals surface area contributed by atoms with E-state index in [1.165, 1.54) is 11.3 Å². The summed E-state index contributed by atoms with van der Waals surface area (Å²) < 4.78 is 0. The average molecular weight is 351 g/mol. The maximum absolute atomic E-state index is 12.7. The lowest BCUT2D eigenvalue weighted by molar-refractivity contribution is -0.119. The van der Waals surface area contributed by atoms with Crippen LogP contribution in [0.5, 0.6) is 0 Å². The number of aromatic nitrogens is 2. The zero-order valence-electron chi connectivity index (χ0n) is 13.3. The monoisotopic (exact) mass is 351 g/mol. The minimum atomic E-state index is -0.216. The van der Waals surface area contributed by atoms with Gasteiger partial charge < -0.3 is 5.32 Å². The van der Waals surface area contributed by atoms with E-state index in [1.54, 1.807) is 0 Å². The van der Waals surface area contributed by atoms with Crippen LogP contribution in [0.3, 0.4) is 0 Å². The molecule has 0 saturated carbocycles. The second-order valence-corrected chi connectivity index (χ2v) is 6.77. The molecule has 2 aromatic carbocycles. The summed E-state index contributed by atoms with van der Waals surface area (Å²) in [5.74, 6) is -0.284. The highest BCUT2D eigenvalue weighted by Crippen LogP contribution is 2.29. The van der Waals surface area contributed by atoms with Crippen LogP contribution in [0.1, 0.15) is 11.6 Å². The Morgan fingerprint density at radius 2 is 1.76 bits per heavy atom. The number of benzene rings is 2. The Bertz CT molecular complexity index is 852. The highest BCUT2D eigenvalue weighted by molar-refractivity contribution is 7.18. The highest BCUT2D eigenvalue weighted by Gasteiger charge is 2.34. The van der Waals surface area contributed by atoms with Gasteiger partial charge in [-0.1, -0.05) is 72.0 Å². The zero-order valence-corrected chi connectivity index (χ0v) is 14.2. The molecule has 1 aliphatic rings. The lowest BCUT2D eigenvalue weighted by Crippen LogP contribution is -2.29. The number of nitrogens with zero attached hydrogens (tertiary/aromatic N) is 2. The van der Waals surface area contributed by atoms with Crippen LogP contribution in [-0.2, 0) is 4.79 Å². The zero-order chi connectivity index (χ0) is 17.1. The van der Waals surface area contributed by atoms with Crippen molar-refractivity contribution in [1.29, 1.82) is 0 Å². The van der Waals surface area contributed by atoms with Crippen LogP contribution < -0.4 is 16.2 Å². The molecule has 3 N–H and O–H groups in total. The second-order valence-electron chi connectivity index (χ2n) is 5.79. The van der Waals surface area contributed by atoms with Crippen molar-refractivity contribution in [2.75, 3.05) is 11.9 Å². The van der Waals surface area contributed by atoms with Gasteiger partial charge in [-0.05, 0) is 5.56 Å². The van der Waals surface area contributed by atoms with Crippen molar-refractivity contribution in [2.24, 2.45) is 5.92 Å². The summed E-state index contributed by atoms with van der Waals surface area (Å²) in [6.07, 6.45) is 0. The fraction of sp³-hybridized carbons (Fsp3) is 0.167. The van der Waals surface area contributed by atoms with E-state index in [2.05, 4.69) is 26.4 Å². The quantitative estimate of drug-likeness (QED) is 0.673. The summed E-state index contributed by atoms with van der Waals surface area (Å²) in [6.45, 7) is 0.565. The standard InChI is InChI=1S/C18H17N5OS/c24-16(14-11-19-21-15(14)12-7-3-1-4-8-12)20-18-23-22-17(25-18)13-9-5-2-6-10-13/h1-10,14-15,19,21H,11H2,(H,20,23,24). The molecule has 6 nitrogen and oxygen atoms in total. The fourth-order valence-corrected chi connectivity index (χ4v) is 3.64. The third kappa shape index (κ3) is 3.43. The first-order chi connectivity index (χ1) is 12.3. The van der Waals surface area contributed by atoms with E-state index >= 15 is 0 Å². The Balaban J connectivity index is 1.48. The van der Waals surface area contributed by atoms with Crippen LogP contribution in [0, 0.1) is 5.92 Å². The molecule has 2 heterocycles. The first kappa shape index (κ1) is 15.9. The molecular weight excluding hydrogens is 334 g/mol. The van der Waals surface area contributed by atoms with Crippen molar-refractivity contribution in [3.8, 4) is 10.6 Å². The molecule has 126 valence electrons. The van der Waals surface area contributed by atoms with Gasteiger partial charge in [-0.3, -0.25) is 10.2 Å². The van der Waals surface area contributed by atoms with Gasteiger partial charge in [0.2, 0.25) is 11.0 Å². The summed E-state index contributed by atoms with van der Waals surface area (Å²) in [4.78, 5) is 12.7. The lowest BCUT2D eigenvalue weighted by atomic mass is 9.94.